The molecule has 0 aromatic carbocycles. The van der Waals surface area contributed by atoms with Crippen LogP contribution in [0, 0.1) is 0 Å². The van der Waals surface area contributed by atoms with Gasteiger partial charge in [0.25, 0.3) is 0 Å². The molecule has 0 unspecified atom stereocenters. The molecule has 1 aromatic rings. The lowest BCUT2D eigenvalue weighted by Gasteiger charge is -2.25. The van der Waals surface area contributed by atoms with Crippen LogP contribution in [0.5, 0.6) is 0 Å². The molecule has 0 aliphatic carbocycles. The van der Waals surface area contributed by atoms with E-state index in [0.29, 0.717) is 0 Å². The van der Waals surface area contributed by atoms with Crippen molar-refractivity contribution in [3.05, 3.63) is 29.1 Å². The maximum Gasteiger partial charge on any atom is 0.0302 e. The van der Waals surface area contributed by atoms with Gasteiger partial charge in [0.15, 0.2) is 0 Å². The molecule has 1 aromatic heterocycles. The Hall–Kier alpha value is -0.850. The van der Waals surface area contributed by atoms with Gasteiger partial charge in [0, 0.05) is 12.4 Å². The number of rotatable bonds is 2. The maximum atomic E-state index is 4.30. The van der Waals surface area contributed by atoms with Gasteiger partial charge in [0.2, 0.25) is 0 Å². The van der Waals surface area contributed by atoms with Crippen molar-refractivity contribution in [1.82, 2.24) is 4.98 Å². The molecule has 0 saturated carbocycles. The summed E-state index contributed by atoms with van der Waals surface area (Å²) in [6.07, 6.45) is 6.18. The number of aryl methyl sites for hydroxylation is 2. The molecule has 0 aliphatic rings. The molecule has 1 nitrogen and oxygen atoms in total. The number of pyridine rings is 1. The average Bonchev–Trinajstić information content (AvgIpc) is 2.15. The van der Waals surface area contributed by atoms with Crippen molar-refractivity contribution >= 4 is 0 Å². The lowest BCUT2D eigenvalue weighted by Crippen LogP contribution is -2.17. The molecule has 0 radical (unpaired) electrons. The minimum Gasteiger partial charge on any atom is -0.264 e. The number of aromatic nitrogens is 1. The lowest BCUT2D eigenvalue weighted by atomic mass is 9.80. The van der Waals surface area contributed by atoms with E-state index in [1.165, 1.54) is 16.7 Å². The first-order valence-corrected chi connectivity index (χ1v) is 5.47. The highest BCUT2D eigenvalue weighted by atomic mass is 14.6. The van der Waals surface area contributed by atoms with Crippen LogP contribution in [0.15, 0.2) is 12.4 Å². The summed E-state index contributed by atoms with van der Waals surface area (Å²) >= 11 is 0. The molecule has 0 spiro atoms. The fraction of sp³-hybridized carbons (Fsp3) is 0.615. The van der Waals surface area contributed by atoms with Crippen molar-refractivity contribution in [3.8, 4) is 0 Å². The standard InChI is InChI=1S/C13H21N/c1-6-10-8-14-9-11(7-2)12(10)13(3,4)5/h8-9H,6-7H2,1-5H3. The number of hydrogen-bond acceptors (Lipinski definition) is 1. The van der Waals surface area contributed by atoms with Crippen LogP contribution < -0.4 is 0 Å². The Morgan fingerprint density at radius 1 is 1.00 bits per heavy atom. The van der Waals surface area contributed by atoms with E-state index in [-0.39, 0.29) is 5.41 Å². The number of nitrogens with zero attached hydrogens (tertiary/aromatic N) is 1. The minimum atomic E-state index is 0.236. The molecular weight excluding hydrogens is 170 g/mol. The third-order valence-electron chi connectivity index (χ3n) is 2.61. The van der Waals surface area contributed by atoms with Gasteiger partial charge in [-0.05, 0) is 34.9 Å². The molecule has 0 aliphatic heterocycles. The molecule has 14 heavy (non-hydrogen) atoms. The number of hydrogen-bond donors (Lipinski definition) is 0. The molecule has 78 valence electrons. The normalized spacial score (nSPS) is 11.8. The van der Waals surface area contributed by atoms with Crippen LogP contribution in [-0.2, 0) is 18.3 Å². The Morgan fingerprint density at radius 3 is 1.71 bits per heavy atom. The summed E-state index contributed by atoms with van der Waals surface area (Å²) in [6.45, 7) is 11.2. The topological polar surface area (TPSA) is 12.9 Å². The summed E-state index contributed by atoms with van der Waals surface area (Å²) in [5.41, 5.74) is 4.53. The van der Waals surface area contributed by atoms with Crippen molar-refractivity contribution in [3.63, 3.8) is 0 Å². The van der Waals surface area contributed by atoms with E-state index in [1.807, 2.05) is 12.4 Å². The lowest BCUT2D eigenvalue weighted by molar-refractivity contribution is 0.574. The predicted octanol–water partition coefficient (Wildman–Crippen LogP) is 3.50. The molecule has 0 N–H and O–H groups in total. The second-order valence-electron chi connectivity index (χ2n) is 4.79. The van der Waals surface area contributed by atoms with Gasteiger partial charge in [0.05, 0.1) is 0 Å². The van der Waals surface area contributed by atoms with Crippen LogP contribution in [0.4, 0.5) is 0 Å². The van der Waals surface area contributed by atoms with Gasteiger partial charge in [-0.1, -0.05) is 34.6 Å². The van der Waals surface area contributed by atoms with Gasteiger partial charge >= 0.3 is 0 Å². The van der Waals surface area contributed by atoms with Crippen LogP contribution in [0.2, 0.25) is 0 Å². The van der Waals surface area contributed by atoms with E-state index >= 15 is 0 Å². The Bertz CT molecular complexity index is 285. The van der Waals surface area contributed by atoms with Crippen molar-refractivity contribution in [2.24, 2.45) is 0 Å². The van der Waals surface area contributed by atoms with E-state index in [1.54, 1.807) is 0 Å². The molecule has 0 saturated heterocycles. The molecule has 1 rings (SSSR count). The van der Waals surface area contributed by atoms with Crippen molar-refractivity contribution < 1.29 is 0 Å². The van der Waals surface area contributed by atoms with Crippen molar-refractivity contribution in [2.75, 3.05) is 0 Å². The average molecular weight is 191 g/mol. The summed E-state index contributed by atoms with van der Waals surface area (Å²) in [6, 6.07) is 0. The monoisotopic (exact) mass is 191 g/mol. The van der Waals surface area contributed by atoms with Crippen LogP contribution in [-0.4, -0.2) is 4.98 Å². The molecule has 1 heterocycles. The van der Waals surface area contributed by atoms with E-state index < -0.39 is 0 Å². The summed E-state index contributed by atoms with van der Waals surface area (Å²) in [4.78, 5) is 4.30. The molecular formula is C13H21N. The van der Waals surface area contributed by atoms with E-state index in [9.17, 15) is 0 Å². The first-order chi connectivity index (χ1) is 6.50. The van der Waals surface area contributed by atoms with Crippen LogP contribution in [0.25, 0.3) is 0 Å². The molecule has 0 atom stereocenters. The van der Waals surface area contributed by atoms with Gasteiger partial charge < -0.3 is 0 Å². The zero-order valence-corrected chi connectivity index (χ0v) is 10.0. The Labute approximate surface area is 87.6 Å². The first-order valence-electron chi connectivity index (χ1n) is 5.47. The highest BCUT2D eigenvalue weighted by molar-refractivity contribution is 5.37. The maximum absolute atomic E-state index is 4.30. The Balaban J connectivity index is 3.34. The minimum absolute atomic E-state index is 0.236. The summed E-state index contributed by atoms with van der Waals surface area (Å²) in [7, 11) is 0. The largest absolute Gasteiger partial charge is 0.264 e. The van der Waals surface area contributed by atoms with Gasteiger partial charge in [-0.15, -0.1) is 0 Å². The zero-order valence-electron chi connectivity index (χ0n) is 10.0. The highest BCUT2D eigenvalue weighted by Crippen LogP contribution is 2.29. The van der Waals surface area contributed by atoms with Gasteiger partial charge in [-0.25, -0.2) is 0 Å². The summed E-state index contributed by atoms with van der Waals surface area (Å²) < 4.78 is 0. The molecule has 0 bridgehead atoms. The van der Waals surface area contributed by atoms with Gasteiger partial charge in [-0.2, -0.15) is 0 Å². The van der Waals surface area contributed by atoms with Crippen LogP contribution in [0.3, 0.4) is 0 Å². The van der Waals surface area contributed by atoms with E-state index in [4.69, 9.17) is 0 Å². The Kier molecular flexibility index (Phi) is 3.30. The fourth-order valence-electron chi connectivity index (χ4n) is 2.05. The van der Waals surface area contributed by atoms with E-state index in [2.05, 4.69) is 39.6 Å². The second-order valence-corrected chi connectivity index (χ2v) is 4.79. The third kappa shape index (κ3) is 2.14. The van der Waals surface area contributed by atoms with E-state index in [0.717, 1.165) is 12.8 Å². The Morgan fingerprint density at radius 2 is 1.43 bits per heavy atom. The highest BCUT2D eigenvalue weighted by Gasteiger charge is 2.20. The second kappa shape index (κ2) is 4.12. The summed E-state index contributed by atoms with van der Waals surface area (Å²) in [5, 5.41) is 0. The van der Waals surface area contributed by atoms with Gasteiger partial charge in [-0.3, -0.25) is 4.98 Å². The third-order valence-corrected chi connectivity index (χ3v) is 2.61. The molecule has 1 heteroatoms. The van der Waals surface area contributed by atoms with Gasteiger partial charge in [0.1, 0.15) is 0 Å². The van der Waals surface area contributed by atoms with Crippen LogP contribution in [0.1, 0.15) is 51.3 Å². The smallest absolute Gasteiger partial charge is 0.0302 e. The summed E-state index contributed by atoms with van der Waals surface area (Å²) in [5.74, 6) is 0. The quantitative estimate of drug-likeness (QED) is 0.697. The first kappa shape index (κ1) is 11.2. The fourth-order valence-corrected chi connectivity index (χ4v) is 2.05. The predicted molar refractivity (Wildman–Crippen MR) is 61.7 cm³/mol. The van der Waals surface area contributed by atoms with Crippen molar-refractivity contribution in [1.29, 1.82) is 0 Å². The van der Waals surface area contributed by atoms with Crippen molar-refractivity contribution in [2.45, 2.75) is 52.9 Å². The molecule has 0 amide bonds. The SMILES string of the molecule is CCc1cncc(CC)c1C(C)(C)C. The van der Waals surface area contributed by atoms with Crippen LogP contribution >= 0.6 is 0 Å². The molecule has 0 fully saturated rings. The zero-order chi connectivity index (χ0) is 10.8.